The lowest BCUT2D eigenvalue weighted by Crippen LogP contribution is -2.37. The fourth-order valence-corrected chi connectivity index (χ4v) is 1.89. The van der Waals surface area contributed by atoms with Crippen molar-refractivity contribution in [3.63, 3.8) is 0 Å². The molecule has 0 bridgehead atoms. The highest BCUT2D eigenvalue weighted by atomic mass is 16.6. The van der Waals surface area contributed by atoms with Crippen molar-refractivity contribution < 1.29 is 9.53 Å². The summed E-state index contributed by atoms with van der Waals surface area (Å²) in [6.07, 6.45) is 3.85. The molecule has 1 aromatic heterocycles. The van der Waals surface area contributed by atoms with Crippen LogP contribution in [-0.4, -0.2) is 41.8 Å². The summed E-state index contributed by atoms with van der Waals surface area (Å²) in [6.45, 7) is 6.65. The van der Waals surface area contributed by atoms with Gasteiger partial charge in [0.15, 0.2) is 0 Å². The van der Waals surface area contributed by atoms with Crippen LogP contribution in [0.25, 0.3) is 0 Å². The number of hydrogen-bond donors (Lipinski definition) is 1. The van der Waals surface area contributed by atoms with E-state index in [9.17, 15) is 4.79 Å². The van der Waals surface area contributed by atoms with E-state index in [1.807, 2.05) is 38.8 Å². The molecule has 0 atom stereocenters. The number of amides is 1. The molecule has 1 aliphatic rings. The van der Waals surface area contributed by atoms with Crippen molar-refractivity contribution in [3.05, 3.63) is 18.0 Å². The minimum absolute atomic E-state index is 0.399. The molecule has 0 saturated heterocycles. The average molecular weight is 292 g/mol. The molecule has 0 spiro atoms. The molecule has 1 N–H and O–H groups in total. The standard InChI is InChI=1S/C15H24N4O2/c1-15(2,3)21-14(20)17-9-10-19(4)13-16-8-7-12(18-13)11-5-6-11/h7-8,11H,5-6,9-10H2,1-4H3,(H,17,20). The Labute approximate surface area is 125 Å². The third-order valence-corrected chi connectivity index (χ3v) is 3.12. The molecule has 1 fully saturated rings. The normalized spacial score (nSPS) is 14.7. The van der Waals surface area contributed by atoms with Crippen LogP contribution in [0.2, 0.25) is 0 Å². The fraction of sp³-hybridized carbons (Fsp3) is 0.667. The Hall–Kier alpha value is -1.85. The highest BCUT2D eigenvalue weighted by molar-refractivity contribution is 5.67. The Morgan fingerprint density at radius 1 is 1.48 bits per heavy atom. The van der Waals surface area contributed by atoms with Crippen molar-refractivity contribution in [2.75, 3.05) is 25.0 Å². The highest BCUT2D eigenvalue weighted by Crippen LogP contribution is 2.39. The lowest BCUT2D eigenvalue weighted by Gasteiger charge is -2.21. The maximum Gasteiger partial charge on any atom is 0.407 e. The molecule has 6 heteroatoms. The largest absolute Gasteiger partial charge is 0.444 e. The second kappa shape index (κ2) is 6.28. The molecule has 1 aromatic rings. The van der Waals surface area contributed by atoms with Crippen LogP contribution in [0, 0.1) is 0 Å². The van der Waals surface area contributed by atoms with E-state index < -0.39 is 11.7 Å². The van der Waals surface area contributed by atoms with Crippen LogP contribution in [0.15, 0.2) is 12.3 Å². The molecule has 0 aromatic carbocycles. The molecule has 1 saturated carbocycles. The van der Waals surface area contributed by atoms with E-state index in [4.69, 9.17) is 4.74 Å². The van der Waals surface area contributed by atoms with E-state index in [0.29, 0.717) is 25.0 Å². The van der Waals surface area contributed by atoms with Crippen molar-refractivity contribution in [2.45, 2.75) is 45.1 Å². The maximum absolute atomic E-state index is 11.5. The molecule has 1 heterocycles. The van der Waals surface area contributed by atoms with Gasteiger partial charge in [-0.2, -0.15) is 0 Å². The molecule has 1 amide bonds. The molecule has 6 nitrogen and oxygen atoms in total. The molecular weight excluding hydrogens is 268 g/mol. The smallest absolute Gasteiger partial charge is 0.407 e. The number of likely N-dealkylation sites (N-methyl/N-ethyl adjacent to an activating group) is 1. The third kappa shape index (κ3) is 5.21. The number of nitrogens with one attached hydrogen (secondary N) is 1. The number of carbonyl (C=O) groups is 1. The molecule has 0 radical (unpaired) electrons. The second-order valence-electron chi connectivity index (χ2n) is 6.41. The van der Waals surface area contributed by atoms with E-state index in [0.717, 1.165) is 5.69 Å². The van der Waals surface area contributed by atoms with Gasteiger partial charge in [-0.05, 0) is 39.7 Å². The predicted molar refractivity (Wildman–Crippen MR) is 81.5 cm³/mol. The lowest BCUT2D eigenvalue weighted by atomic mass is 10.2. The van der Waals surface area contributed by atoms with Crippen LogP contribution in [0.1, 0.15) is 45.2 Å². The van der Waals surface area contributed by atoms with Crippen LogP contribution in [0.5, 0.6) is 0 Å². The fourth-order valence-electron chi connectivity index (χ4n) is 1.89. The number of hydrogen-bond acceptors (Lipinski definition) is 5. The Kier molecular flexibility index (Phi) is 4.65. The molecule has 2 rings (SSSR count). The summed E-state index contributed by atoms with van der Waals surface area (Å²) in [4.78, 5) is 22.3. The second-order valence-corrected chi connectivity index (χ2v) is 6.41. The summed E-state index contributed by atoms with van der Waals surface area (Å²) >= 11 is 0. The maximum atomic E-state index is 11.5. The lowest BCUT2D eigenvalue weighted by molar-refractivity contribution is 0.0529. The van der Waals surface area contributed by atoms with Gasteiger partial charge in [0.05, 0.1) is 0 Å². The highest BCUT2D eigenvalue weighted by Gasteiger charge is 2.25. The molecule has 0 unspecified atom stereocenters. The van der Waals surface area contributed by atoms with Gasteiger partial charge in [-0.1, -0.05) is 0 Å². The van der Waals surface area contributed by atoms with Crippen LogP contribution < -0.4 is 10.2 Å². The first-order chi connectivity index (χ1) is 9.85. The van der Waals surface area contributed by atoms with Crippen molar-refractivity contribution in [2.24, 2.45) is 0 Å². The van der Waals surface area contributed by atoms with E-state index in [1.165, 1.54) is 12.8 Å². The summed E-state index contributed by atoms with van der Waals surface area (Å²) in [5.41, 5.74) is 0.643. The molecule has 21 heavy (non-hydrogen) atoms. The van der Waals surface area contributed by atoms with Gasteiger partial charge in [0.1, 0.15) is 5.60 Å². The van der Waals surface area contributed by atoms with Crippen LogP contribution in [-0.2, 0) is 4.74 Å². The Balaban J connectivity index is 1.78. The van der Waals surface area contributed by atoms with Crippen molar-refractivity contribution >= 4 is 12.0 Å². The summed E-state index contributed by atoms with van der Waals surface area (Å²) < 4.78 is 5.18. The Morgan fingerprint density at radius 2 is 2.19 bits per heavy atom. The number of carbonyl (C=O) groups excluding carboxylic acids is 1. The summed E-state index contributed by atoms with van der Waals surface area (Å²) in [5.74, 6) is 1.31. The van der Waals surface area contributed by atoms with Crippen LogP contribution in [0.3, 0.4) is 0 Å². The third-order valence-electron chi connectivity index (χ3n) is 3.12. The van der Waals surface area contributed by atoms with Crippen molar-refractivity contribution in [1.82, 2.24) is 15.3 Å². The number of aromatic nitrogens is 2. The minimum Gasteiger partial charge on any atom is -0.444 e. The van der Waals surface area contributed by atoms with E-state index in [-0.39, 0.29) is 0 Å². The van der Waals surface area contributed by atoms with Gasteiger partial charge in [0, 0.05) is 37.9 Å². The van der Waals surface area contributed by atoms with Gasteiger partial charge in [0.2, 0.25) is 5.95 Å². The van der Waals surface area contributed by atoms with E-state index in [1.54, 1.807) is 6.20 Å². The molecule has 0 aliphatic heterocycles. The van der Waals surface area contributed by atoms with Crippen molar-refractivity contribution in [1.29, 1.82) is 0 Å². The number of anilines is 1. The average Bonchev–Trinajstić information content (AvgIpc) is 3.21. The molecule has 1 aliphatic carbocycles. The van der Waals surface area contributed by atoms with Crippen LogP contribution in [0.4, 0.5) is 10.7 Å². The number of ether oxygens (including phenoxy) is 1. The van der Waals surface area contributed by atoms with Crippen molar-refractivity contribution in [3.8, 4) is 0 Å². The van der Waals surface area contributed by atoms with E-state index >= 15 is 0 Å². The summed E-state index contributed by atoms with van der Waals surface area (Å²) in [6, 6.07) is 1.98. The summed E-state index contributed by atoms with van der Waals surface area (Å²) in [5, 5.41) is 2.73. The summed E-state index contributed by atoms with van der Waals surface area (Å²) in [7, 11) is 1.92. The van der Waals surface area contributed by atoms with Gasteiger partial charge in [-0.3, -0.25) is 0 Å². The van der Waals surface area contributed by atoms with E-state index in [2.05, 4.69) is 15.3 Å². The van der Waals surface area contributed by atoms with Gasteiger partial charge in [0.25, 0.3) is 0 Å². The van der Waals surface area contributed by atoms with Gasteiger partial charge < -0.3 is 15.0 Å². The van der Waals surface area contributed by atoms with Gasteiger partial charge in [-0.15, -0.1) is 0 Å². The van der Waals surface area contributed by atoms with Gasteiger partial charge in [-0.25, -0.2) is 14.8 Å². The first-order valence-electron chi connectivity index (χ1n) is 7.36. The monoisotopic (exact) mass is 292 g/mol. The first-order valence-corrected chi connectivity index (χ1v) is 7.36. The van der Waals surface area contributed by atoms with Crippen LogP contribution >= 0.6 is 0 Å². The SMILES string of the molecule is CN(CCNC(=O)OC(C)(C)C)c1nccc(C2CC2)n1. The zero-order valence-electron chi connectivity index (χ0n) is 13.2. The zero-order chi connectivity index (χ0) is 15.5. The van der Waals surface area contributed by atoms with Gasteiger partial charge >= 0.3 is 6.09 Å². The number of alkyl carbamates (subject to hydrolysis) is 1. The molecule has 116 valence electrons. The Morgan fingerprint density at radius 3 is 2.81 bits per heavy atom. The zero-order valence-corrected chi connectivity index (χ0v) is 13.2. The molecular formula is C15H24N4O2. The Bertz CT molecular complexity index is 495. The first kappa shape index (κ1) is 15.5. The minimum atomic E-state index is -0.475. The number of nitrogens with zero attached hydrogens (tertiary/aromatic N) is 3. The topological polar surface area (TPSA) is 67.4 Å². The number of rotatable bonds is 5. The quantitative estimate of drug-likeness (QED) is 0.902. The predicted octanol–water partition coefficient (Wildman–Crippen LogP) is 2.31.